The molecule has 4 rings (SSSR count). The Hall–Kier alpha value is -2.34. The molecule has 2 aliphatic rings. The topological polar surface area (TPSA) is 71.5 Å². The van der Waals surface area contributed by atoms with Crippen molar-refractivity contribution in [2.24, 2.45) is 0 Å². The lowest BCUT2D eigenvalue weighted by Gasteiger charge is -2.20. The average Bonchev–Trinajstić information content (AvgIpc) is 3.17. The molecule has 6 nitrogen and oxygen atoms in total. The van der Waals surface area contributed by atoms with Gasteiger partial charge < -0.3 is 10.1 Å². The second-order valence-corrected chi connectivity index (χ2v) is 6.46. The molecule has 124 valence electrons. The predicted molar refractivity (Wildman–Crippen MR) is 90.5 cm³/mol. The number of hydrogen-bond donors (Lipinski definition) is 1. The normalized spacial score (nSPS) is 19.5. The van der Waals surface area contributed by atoms with Crippen LogP contribution in [0, 0.1) is 0 Å². The van der Waals surface area contributed by atoms with Gasteiger partial charge in [-0.2, -0.15) is 0 Å². The van der Waals surface area contributed by atoms with Crippen molar-refractivity contribution in [3.8, 4) is 5.75 Å². The van der Waals surface area contributed by atoms with Crippen molar-refractivity contribution in [2.75, 3.05) is 18.6 Å². The van der Waals surface area contributed by atoms with Crippen LogP contribution in [0.2, 0.25) is 5.02 Å². The quantitative estimate of drug-likeness (QED) is 0.904. The number of fused-ring (bicyclic) bond motifs is 2. The van der Waals surface area contributed by atoms with E-state index >= 15 is 0 Å². The number of pyridine rings is 1. The minimum absolute atomic E-state index is 0.0712. The Balaban J connectivity index is 1.72. The van der Waals surface area contributed by atoms with Crippen molar-refractivity contribution < 1.29 is 14.3 Å². The summed E-state index contributed by atoms with van der Waals surface area (Å²) in [5.41, 5.74) is 1.74. The van der Waals surface area contributed by atoms with Crippen LogP contribution in [0.25, 0.3) is 10.9 Å². The number of carbonyl (C=O) groups is 2. The number of halogens is 1. The highest BCUT2D eigenvalue weighted by atomic mass is 35.5. The molecule has 0 aliphatic carbocycles. The van der Waals surface area contributed by atoms with Crippen molar-refractivity contribution in [1.29, 1.82) is 0 Å². The lowest BCUT2D eigenvalue weighted by molar-refractivity contribution is -0.124. The number of benzene rings is 1. The highest BCUT2D eigenvalue weighted by Crippen LogP contribution is 2.34. The van der Waals surface area contributed by atoms with Crippen LogP contribution in [0.4, 0.5) is 5.82 Å². The molecule has 1 atom stereocenters. The molecule has 3 heterocycles. The maximum absolute atomic E-state index is 12.7. The number of anilines is 1. The van der Waals surface area contributed by atoms with E-state index in [1.54, 1.807) is 18.1 Å². The van der Waals surface area contributed by atoms with Crippen molar-refractivity contribution in [2.45, 2.75) is 25.3 Å². The lowest BCUT2D eigenvalue weighted by Crippen LogP contribution is -2.44. The zero-order valence-corrected chi connectivity index (χ0v) is 13.9. The fourth-order valence-electron chi connectivity index (χ4n) is 3.32. The van der Waals surface area contributed by atoms with Gasteiger partial charge in [-0.05, 0) is 36.6 Å². The summed E-state index contributed by atoms with van der Waals surface area (Å²) in [6, 6.07) is 5.18. The Morgan fingerprint density at radius 2 is 2.21 bits per heavy atom. The molecule has 1 saturated heterocycles. The maximum Gasteiger partial charge on any atom is 0.250 e. The lowest BCUT2D eigenvalue weighted by atomic mass is 10.1. The van der Waals surface area contributed by atoms with E-state index in [1.807, 2.05) is 12.1 Å². The average molecular weight is 346 g/mol. The number of amides is 2. The number of ether oxygens (including phenoxy) is 1. The van der Waals surface area contributed by atoms with Crippen molar-refractivity contribution in [1.82, 2.24) is 10.3 Å². The largest absolute Gasteiger partial charge is 0.495 e. The molecule has 1 aromatic heterocycles. The molecule has 1 fully saturated rings. The summed E-state index contributed by atoms with van der Waals surface area (Å²) in [5.74, 6) is 1.10. The van der Waals surface area contributed by atoms with E-state index in [4.69, 9.17) is 16.3 Å². The molecular weight excluding hydrogens is 330 g/mol. The first-order valence-corrected chi connectivity index (χ1v) is 8.22. The first-order valence-electron chi connectivity index (χ1n) is 7.85. The van der Waals surface area contributed by atoms with E-state index < -0.39 is 6.04 Å². The van der Waals surface area contributed by atoms with E-state index in [0.717, 1.165) is 22.9 Å². The first-order chi connectivity index (χ1) is 11.6. The molecule has 0 spiro atoms. The van der Waals surface area contributed by atoms with Crippen LogP contribution in [0.1, 0.15) is 18.4 Å². The third-order valence-corrected chi connectivity index (χ3v) is 4.86. The molecule has 0 saturated carbocycles. The molecule has 2 aliphatic heterocycles. The Morgan fingerprint density at radius 3 is 2.92 bits per heavy atom. The zero-order valence-electron chi connectivity index (χ0n) is 13.1. The summed E-state index contributed by atoms with van der Waals surface area (Å²) in [5, 5.41) is 4.14. The van der Waals surface area contributed by atoms with Gasteiger partial charge in [0.25, 0.3) is 5.91 Å². The Labute approximate surface area is 143 Å². The number of aromatic nitrogens is 1. The van der Waals surface area contributed by atoms with Crippen molar-refractivity contribution in [3.05, 3.63) is 28.8 Å². The van der Waals surface area contributed by atoms with Crippen molar-refractivity contribution in [3.63, 3.8) is 0 Å². The molecule has 2 amide bonds. The second-order valence-electron chi connectivity index (χ2n) is 6.05. The fraction of sp³-hybridized carbons (Fsp3) is 0.353. The molecule has 7 heteroatoms. The Bertz CT molecular complexity index is 868. The van der Waals surface area contributed by atoms with Gasteiger partial charge in [0.1, 0.15) is 17.6 Å². The minimum atomic E-state index is -0.444. The van der Waals surface area contributed by atoms with Gasteiger partial charge in [-0.3, -0.25) is 14.5 Å². The summed E-state index contributed by atoms with van der Waals surface area (Å²) in [6.07, 6.45) is 1.69. The highest BCUT2D eigenvalue weighted by Gasteiger charge is 2.35. The highest BCUT2D eigenvalue weighted by molar-refractivity contribution is 6.32. The van der Waals surface area contributed by atoms with Gasteiger partial charge in [0.2, 0.25) is 5.91 Å². The van der Waals surface area contributed by atoms with E-state index in [0.29, 0.717) is 36.0 Å². The zero-order chi connectivity index (χ0) is 16.8. The van der Waals surface area contributed by atoms with Gasteiger partial charge in [-0.1, -0.05) is 11.6 Å². The number of hydrogen-bond acceptors (Lipinski definition) is 4. The SMILES string of the molecule is COc1cc2cc3c(nc2cc1Cl)N(C(=O)C1CCC(=O)N1)CC3. The van der Waals surface area contributed by atoms with Gasteiger partial charge >= 0.3 is 0 Å². The summed E-state index contributed by atoms with van der Waals surface area (Å²) >= 11 is 6.18. The molecule has 1 aromatic carbocycles. The molecule has 1 unspecified atom stereocenters. The standard InChI is InChI=1S/C17H16ClN3O3/c1-24-14-7-10-6-9-4-5-21(16(9)20-13(10)8-11(14)18)17(23)12-2-3-15(22)19-12/h6-8,12H,2-5H2,1H3,(H,19,22). The first kappa shape index (κ1) is 15.2. The smallest absolute Gasteiger partial charge is 0.250 e. The van der Waals surface area contributed by atoms with Crippen LogP contribution in [-0.2, 0) is 16.0 Å². The summed E-state index contributed by atoms with van der Waals surface area (Å²) in [4.78, 5) is 30.4. The van der Waals surface area contributed by atoms with E-state index in [2.05, 4.69) is 10.3 Å². The van der Waals surface area contributed by atoms with Crippen LogP contribution >= 0.6 is 11.6 Å². The van der Waals surface area contributed by atoms with E-state index in [9.17, 15) is 9.59 Å². The van der Waals surface area contributed by atoms with Crippen LogP contribution in [0.3, 0.4) is 0 Å². The number of nitrogens with one attached hydrogen (secondary N) is 1. The molecule has 0 radical (unpaired) electrons. The Kier molecular flexibility index (Phi) is 3.57. The second kappa shape index (κ2) is 5.63. The van der Waals surface area contributed by atoms with Crippen LogP contribution < -0.4 is 15.0 Å². The number of nitrogens with zero attached hydrogens (tertiary/aromatic N) is 2. The van der Waals surface area contributed by atoms with Crippen LogP contribution in [-0.4, -0.2) is 36.5 Å². The third kappa shape index (κ3) is 2.38. The van der Waals surface area contributed by atoms with Crippen molar-refractivity contribution >= 4 is 40.1 Å². The number of methoxy groups -OCH3 is 1. The van der Waals surface area contributed by atoms with Gasteiger partial charge in [0, 0.05) is 18.4 Å². The molecule has 0 bridgehead atoms. The molecule has 1 N–H and O–H groups in total. The predicted octanol–water partition coefficient (Wildman–Crippen LogP) is 2.06. The van der Waals surface area contributed by atoms with Crippen LogP contribution in [0.15, 0.2) is 18.2 Å². The monoisotopic (exact) mass is 345 g/mol. The summed E-state index contributed by atoms with van der Waals surface area (Å²) < 4.78 is 5.24. The fourth-order valence-corrected chi connectivity index (χ4v) is 3.56. The molecule has 2 aromatic rings. The third-order valence-electron chi connectivity index (χ3n) is 4.56. The van der Waals surface area contributed by atoms with Crippen LogP contribution in [0.5, 0.6) is 5.75 Å². The summed E-state index contributed by atoms with van der Waals surface area (Å²) in [7, 11) is 1.57. The maximum atomic E-state index is 12.7. The molecule has 24 heavy (non-hydrogen) atoms. The molecular formula is C17H16ClN3O3. The number of carbonyl (C=O) groups excluding carboxylic acids is 2. The van der Waals surface area contributed by atoms with Gasteiger partial charge in [0.15, 0.2) is 0 Å². The Morgan fingerprint density at radius 1 is 1.38 bits per heavy atom. The summed E-state index contributed by atoms with van der Waals surface area (Å²) in [6.45, 7) is 0.578. The van der Waals surface area contributed by atoms with Gasteiger partial charge in [-0.25, -0.2) is 4.98 Å². The van der Waals surface area contributed by atoms with E-state index in [-0.39, 0.29) is 11.8 Å². The van der Waals surface area contributed by atoms with Gasteiger partial charge in [0.05, 0.1) is 17.6 Å². The number of rotatable bonds is 2. The minimum Gasteiger partial charge on any atom is -0.495 e. The van der Waals surface area contributed by atoms with E-state index in [1.165, 1.54) is 0 Å². The van der Waals surface area contributed by atoms with Gasteiger partial charge in [-0.15, -0.1) is 0 Å².